The van der Waals surface area contributed by atoms with Crippen LogP contribution in [0.15, 0.2) is 48.5 Å². The largest absolute Gasteiger partial charge is 0.490 e. The molecule has 6 nitrogen and oxygen atoms in total. The van der Waals surface area contributed by atoms with Crippen LogP contribution in [-0.2, 0) is 9.53 Å². The molecule has 6 heteroatoms. The highest BCUT2D eigenvalue weighted by Crippen LogP contribution is 2.26. The molecule has 1 amide bonds. The van der Waals surface area contributed by atoms with E-state index < -0.39 is 0 Å². The molecule has 0 aromatic heterocycles. The summed E-state index contributed by atoms with van der Waals surface area (Å²) < 4.78 is 16.6. The van der Waals surface area contributed by atoms with E-state index >= 15 is 0 Å². The van der Waals surface area contributed by atoms with Crippen LogP contribution in [0.3, 0.4) is 0 Å². The summed E-state index contributed by atoms with van der Waals surface area (Å²) in [5.74, 6) is 0.508. The van der Waals surface area contributed by atoms with Gasteiger partial charge in [0, 0.05) is 5.69 Å². The summed E-state index contributed by atoms with van der Waals surface area (Å²) in [7, 11) is 0. The van der Waals surface area contributed by atoms with Crippen molar-refractivity contribution in [3.63, 3.8) is 0 Å². The molecule has 1 saturated carbocycles. The fraction of sp³-hybridized carbons (Fsp3) is 0.391. The van der Waals surface area contributed by atoms with E-state index in [1.165, 1.54) is 6.42 Å². The Bertz CT molecular complexity index is 812. The lowest BCUT2D eigenvalue weighted by Crippen LogP contribution is -2.21. The standard InChI is InChI=1S/C23H27NO5/c1-2-27-20-10-6-7-11-21(20)28-16-22(25)24-18-14-12-17(13-15-18)23(26)29-19-8-4-3-5-9-19/h6-7,10-15,19H,2-5,8-9,16H2,1H3,(H,24,25). The van der Waals surface area contributed by atoms with E-state index in [0.717, 1.165) is 25.7 Å². The number of carbonyl (C=O) groups is 2. The van der Waals surface area contributed by atoms with Crippen LogP contribution < -0.4 is 14.8 Å². The van der Waals surface area contributed by atoms with E-state index in [-0.39, 0.29) is 24.6 Å². The zero-order valence-corrected chi connectivity index (χ0v) is 16.7. The van der Waals surface area contributed by atoms with Gasteiger partial charge in [0.25, 0.3) is 5.91 Å². The summed E-state index contributed by atoms with van der Waals surface area (Å²) in [5, 5.41) is 2.75. The van der Waals surface area contributed by atoms with Gasteiger partial charge in [-0.1, -0.05) is 18.6 Å². The molecule has 0 unspecified atom stereocenters. The summed E-state index contributed by atoms with van der Waals surface area (Å²) in [6.45, 7) is 2.26. The van der Waals surface area contributed by atoms with Gasteiger partial charge in [-0.15, -0.1) is 0 Å². The predicted molar refractivity (Wildman–Crippen MR) is 110 cm³/mol. The fourth-order valence-electron chi connectivity index (χ4n) is 3.28. The molecule has 0 radical (unpaired) electrons. The van der Waals surface area contributed by atoms with E-state index in [1.807, 2.05) is 19.1 Å². The molecule has 2 aromatic rings. The summed E-state index contributed by atoms with van der Waals surface area (Å²) in [6.07, 6.45) is 5.33. The molecule has 3 rings (SSSR count). The smallest absolute Gasteiger partial charge is 0.338 e. The third-order valence-corrected chi connectivity index (χ3v) is 4.74. The number of rotatable bonds is 8. The number of hydrogen-bond acceptors (Lipinski definition) is 5. The van der Waals surface area contributed by atoms with Gasteiger partial charge in [0.1, 0.15) is 6.10 Å². The van der Waals surface area contributed by atoms with Crippen LogP contribution in [0.5, 0.6) is 11.5 Å². The van der Waals surface area contributed by atoms with E-state index in [2.05, 4.69) is 5.32 Å². The number of amides is 1. The predicted octanol–water partition coefficient (Wildman–Crippen LogP) is 4.59. The molecule has 0 atom stereocenters. The van der Waals surface area contributed by atoms with Gasteiger partial charge in [0.05, 0.1) is 12.2 Å². The minimum Gasteiger partial charge on any atom is -0.490 e. The van der Waals surface area contributed by atoms with Crippen LogP contribution in [0, 0.1) is 0 Å². The Balaban J connectivity index is 1.49. The van der Waals surface area contributed by atoms with Crippen LogP contribution in [0.1, 0.15) is 49.4 Å². The number of hydrogen-bond donors (Lipinski definition) is 1. The van der Waals surface area contributed by atoms with Crippen molar-refractivity contribution in [1.82, 2.24) is 0 Å². The summed E-state index contributed by atoms with van der Waals surface area (Å²) >= 11 is 0. The van der Waals surface area contributed by atoms with Crippen molar-refractivity contribution in [2.45, 2.75) is 45.1 Å². The number of carbonyl (C=O) groups excluding carboxylic acids is 2. The highest BCUT2D eigenvalue weighted by molar-refractivity contribution is 5.93. The van der Waals surface area contributed by atoms with Crippen molar-refractivity contribution in [3.8, 4) is 11.5 Å². The third kappa shape index (κ3) is 6.24. The number of benzene rings is 2. The summed E-state index contributed by atoms with van der Waals surface area (Å²) in [4.78, 5) is 24.4. The molecular weight excluding hydrogens is 370 g/mol. The minimum atomic E-state index is -0.314. The molecule has 0 aliphatic heterocycles. The first-order valence-electron chi connectivity index (χ1n) is 10.1. The van der Waals surface area contributed by atoms with E-state index in [4.69, 9.17) is 14.2 Å². The van der Waals surface area contributed by atoms with Crippen LogP contribution in [-0.4, -0.2) is 31.2 Å². The zero-order valence-electron chi connectivity index (χ0n) is 16.7. The Morgan fingerprint density at radius 3 is 2.24 bits per heavy atom. The van der Waals surface area contributed by atoms with Gasteiger partial charge in [0.2, 0.25) is 0 Å². The molecule has 1 aliphatic carbocycles. The van der Waals surface area contributed by atoms with Gasteiger partial charge < -0.3 is 19.5 Å². The SMILES string of the molecule is CCOc1ccccc1OCC(=O)Nc1ccc(C(=O)OC2CCCCC2)cc1. The van der Waals surface area contributed by atoms with Crippen molar-refractivity contribution in [1.29, 1.82) is 0 Å². The fourth-order valence-corrected chi connectivity index (χ4v) is 3.28. The second-order valence-electron chi connectivity index (χ2n) is 6.96. The van der Waals surface area contributed by atoms with Gasteiger partial charge in [-0.2, -0.15) is 0 Å². The van der Waals surface area contributed by atoms with Crippen molar-refractivity contribution in [3.05, 3.63) is 54.1 Å². The maximum absolute atomic E-state index is 12.2. The Hall–Kier alpha value is -3.02. The maximum Gasteiger partial charge on any atom is 0.338 e. The third-order valence-electron chi connectivity index (χ3n) is 4.74. The Morgan fingerprint density at radius 1 is 0.931 bits per heavy atom. The topological polar surface area (TPSA) is 73.9 Å². The molecule has 0 spiro atoms. The number of ether oxygens (including phenoxy) is 3. The lowest BCUT2D eigenvalue weighted by atomic mass is 9.98. The molecule has 1 fully saturated rings. The highest BCUT2D eigenvalue weighted by Gasteiger charge is 2.18. The summed E-state index contributed by atoms with van der Waals surface area (Å²) in [5.41, 5.74) is 1.07. The zero-order chi connectivity index (χ0) is 20.5. The normalized spacial score (nSPS) is 14.1. The number of anilines is 1. The van der Waals surface area contributed by atoms with Crippen LogP contribution >= 0.6 is 0 Å². The van der Waals surface area contributed by atoms with Crippen LogP contribution in [0.25, 0.3) is 0 Å². The quantitative estimate of drug-likeness (QED) is 0.660. The lowest BCUT2D eigenvalue weighted by molar-refractivity contribution is -0.118. The molecule has 0 saturated heterocycles. The van der Waals surface area contributed by atoms with Crippen molar-refractivity contribution >= 4 is 17.6 Å². The molecular formula is C23H27NO5. The minimum absolute atomic E-state index is 0.0207. The molecule has 0 heterocycles. The monoisotopic (exact) mass is 397 g/mol. The number of esters is 1. The molecule has 29 heavy (non-hydrogen) atoms. The first kappa shape index (κ1) is 20.7. The van der Waals surface area contributed by atoms with Gasteiger partial charge in [-0.25, -0.2) is 4.79 Å². The Labute approximate surface area is 171 Å². The highest BCUT2D eigenvalue weighted by atomic mass is 16.5. The first-order valence-corrected chi connectivity index (χ1v) is 10.1. The van der Waals surface area contributed by atoms with Gasteiger partial charge >= 0.3 is 5.97 Å². The lowest BCUT2D eigenvalue weighted by Gasteiger charge is -2.21. The van der Waals surface area contributed by atoms with Crippen LogP contribution in [0.2, 0.25) is 0 Å². The van der Waals surface area contributed by atoms with Crippen molar-refractivity contribution in [2.24, 2.45) is 0 Å². The van der Waals surface area contributed by atoms with E-state index in [0.29, 0.717) is 29.4 Å². The average molecular weight is 397 g/mol. The maximum atomic E-state index is 12.2. The van der Waals surface area contributed by atoms with Crippen LogP contribution in [0.4, 0.5) is 5.69 Å². The van der Waals surface area contributed by atoms with Crippen molar-refractivity contribution < 1.29 is 23.8 Å². The van der Waals surface area contributed by atoms with E-state index in [9.17, 15) is 9.59 Å². The first-order chi connectivity index (χ1) is 14.2. The van der Waals surface area contributed by atoms with Crippen molar-refractivity contribution in [2.75, 3.05) is 18.5 Å². The summed E-state index contributed by atoms with van der Waals surface area (Å²) in [6, 6.07) is 13.9. The molecule has 154 valence electrons. The molecule has 0 bridgehead atoms. The Morgan fingerprint density at radius 2 is 1.59 bits per heavy atom. The second kappa shape index (κ2) is 10.5. The Kier molecular flexibility index (Phi) is 7.50. The average Bonchev–Trinajstić information content (AvgIpc) is 2.74. The second-order valence-corrected chi connectivity index (χ2v) is 6.96. The van der Waals surface area contributed by atoms with Gasteiger partial charge in [-0.05, 0) is 69.0 Å². The molecule has 1 N–H and O–H groups in total. The molecule has 2 aromatic carbocycles. The van der Waals surface area contributed by atoms with Gasteiger partial charge in [0.15, 0.2) is 18.1 Å². The van der Waals surface area contributed by atoms with Gasteiger partial charge in [-0.3, -0.25) is 4.79 Å². The number of para-hydroxylation sites is 2. The number of nitrogens with one attached hydrogen (secondary N) is 1. The molecule has 1 aliphatic rings. The van der Waals surface area contributed by atoms with E-state index in [1.54, 1.807) is 36.4 Å².